The van der Waals surface area contributed by atoms with Gasteiger partial charge in [0, 0.05) is 22.1 Å². The van der Waals surface area contributed by atoms with Crippen molar-refractivity contribution in [3.63, 3.8) is 0 Å². The number of nitrogens with zero attached hydrogens (tertiary/aromatic N) is 2. The lowest BCUT2D eigenvalue weighted by Crippen LogP contribution is -2.27. The van der Waals surface area contributed by atoms with Crippen LogP contribution in [0.4, 0.5) is 0 Å². The summed E-state index contributed by atoms with van der Waals surface area (Å²) in [5.41, 5.74) is 0.540. The van der Waals surface area contributed by atoms with Crippen LogP contribution >= 0.6 is 15.9 Å². The summed E-state index contributed by atoms with van der Waals surface area (Å²) in [6.07, 6.45) is 3.03. The number of hydrogen-bond acceptors (Lipinski definition) is 3. The molecule has 94 valence electrons. The Morgan fingerprint density at radius 2 is 2.00 bits per heavy atom. The fourth-order valence-electron chi connectivity index (χ4n) is 1.84. The normalized spacial score (nSPS) is 10.8. The molecule has 0 aliphatic rings. The molecule has 0 saturated heterocycles. The SMILES string of the molecule is O=c1ccn(-c2cnc3ccc(Br)cc3c2)c(=O)[nH]1. The van der Waals surface area contributed by atoms with Gasteiger partial charge in [-0.1, -0.05) is 15.9 Å². The van der Waals surface area contributed by atoms with E-state index in [9.17, 15) is 9.59 Å². The molecule has 0 unspecified atom stereocenters. The van der Waals surface area contributed by atoms with E-state index in [2.05, 4.69) is 25.9 Å². The molecule has 3 aromatic rings. The fourth-order valence-corrected chi connectivity index (χ4v) is 2.22. The number of hydrogen-bond donors (Lipinski definition) is 1. The molecule has 5 nitrogen and oxygen atoms in total. The molecule has 0 aliphatic carbocycles. The van der Waals surface area contributed by atoms with E-state index >= 15 is 0 Å². The Kier molecular flexibility index (Phi) is 2.79. The molecule has 0 saturated carbocycles. The number of pyridine rings is 1. The van der Waals surface area contributed by atoms with Crippen LogP contribution < -0.4 is 11.2 Å². The van der Waals surface area contributed by atoms with Gasteiger partial charge in [0.2, 0.25) is 0 Å². The molecule has 2 aromatic heterocycles. The van der Waals surface area contributed by atoms with E-state index in [1.54, 1.807) is 6.20 Å². The van der Waals surface area contributed by atoms with Gasteiger partial charge in [0.05, 0.1) is 17.4 Å². The van der Waals surface area contributed by atoms with Crippen molar-refractivity contribution >= 4 is 26.8 Å². The zero-order chi connectivity index (χ0) is 13.4. The highest BCUT2D eigenvalue weighted by atomic mass is 79.9. The lowest BCUT2D eigenvalue weighted by Gasteiger charge is -2.05. The topological polar surface area (TPSA) is 67.8 Å². The molecule has 0 amide bonds. The van der Waals surface area contributed by atoms with Crippen molar-refractivity contribution in [2.24, 2.45) is 0 Å². The third-order valence-electron chi connectivity index (χ3n) is 2.73. The Morgan fingerprint density at radius 1 is 1.16 bits per heavy atom. The van der Waals surface area contributed by atoms with Gasteiger partial charge >= 0.3 is 5.69 Å². The Balaban J connectivity index is 2.25. The van der Waals surface area contributed by atoms with E-state index < -0.39 is 11.2 Å². The third-order valence-corrected chi connectivity index (χ3v) is 3.22. The first kappa shape index (κ1) is 11.9. The van der Waals surface area contributed by atoms with Crippen LogP contribution in [0.5, 0.6) is 0 Å². The second kappa shape index (κ2) is 4.47. The Bertz CT molecular complexity index is 883. The quantitative estimate of drug-likeness (QED) is 0.744. The van der Waals surface area contributed by atoms with Gasteiger partial charge in [-0.2, -0.15) is 0 Å². The molecule has 0 fully saturated rings. The van der Waals surface area contributed by atoms with E-state index in [4.69, 9.17) is 0 Å². The maximum Gasteiger partial charge on any atom is 0.332 e. The van der Waals surface area contributed by atoms with Crippen molar-refractivity contribution < 1.29 is 0 Å². The summed E-state index contributed by atoms with van der Waals surface area (Å²) >= 11 is 3.39. The molecule has 1 N–H and O–H groups in total. The molecule has 6 heteroatoms. The van der Waals surface area contributed by atoms with Gasteiger partial charge in [0.15, 0.2) is 0 Å². The number of fused-ring (bicyclic) bond motifs is 1. The van der Waals surface area contributed by atoms with Crippen molar-refractivity contribution in [1.82, 2.24) is 14.5 Å². The number of aromatic nitrogens is 3. The lowest BCUT2D eigenvalue weighted by molar-refractivity contribution is 0.893. The maximum absolute atomic E-state index is 11.7. The number of rotatable bonds is 1. The molecule has 3 rings (SSSR count). The number of nitrogens with one attached hydrogen (secondary N) is 1. The standard InChI is InChI=1S/C13H8BrN3O2/c14-9-1-2-11-8(5-9)6-10(7-15-11)17-4-3-12(18)16-13(17)19/h1-7H,(H,16,18,19). The molecule has 0 bridgehead atoms. The van der Waals surface area contributed by atoms with Crippen molar-refractivity contribution in [2.75, 3.05) is 0 Å². The second-order valence-electron chi connectivity index (χ2n) is 4.01. The monoisotopic (exact) mass is 317 g/mol. The van der Waals surface area contributed by atoms with Crippen molar-refractivity contribution in [3.8, 4) is 5.69 Å². The van der Waals surface area contributed by atoms with Crippen LogP contribution in [0.15, 0.2) is 56.8 Å². The van der Waals surface area contributed by atoms with Gasteiger partial charge in [-0.3, -0.25) is 19.3 Å². The summed E-state index contributed by atoms with van der Waals surface area (Å²) in [5.74, 6) is 0. The molecule has 0 atom stereocenters. The minimum Gasteiger partial charge on any atom is -0.274 e. The predicted octanol–water partition coefficient (Wildman–Crippen LogP) is 1.84. The lowest BCUT2D eigenvalue weighted by atomic mass is 10.2. The van der Waals surface area contributed by atoms with Crippen LogP contribution in [0, 0.1) is 0 Å². The Labute approximate surface area is 115 Å². The molecule has 2 heterocycles. The van der Waals surface area contributed by atoms with Crippen LogP contribution in [0.2, 0.25) is 0 Å². The largest absolute Gasteiger partial charge is 0.332 e. The van der Waals surface area contributed by atoms with Crippen LogP contribution in [0.3, 0.4) is 0 Å². The number of halogens is 1. The first-order chi connectivity index (χ1) is 9.13. The van der Waals surface area contributed by atoms with Gasteiger partial charge in [0.25, 0.3) is 5.56 Å². The summed E-state index contributed by atoms with van der Waals surface area (Å²) in [6, 6.07) is 8.85. The van der Waals surface area contributed by atoms with Crippen LogP contribution in [0.25, 0.3) is 16.6 Å². The summed E-state index contributed by atoms with van der Waals surface area (Å²) in [4.78, 5) is 29.3. The van der Waals surface area contributed by atoms with Crippen molar-refractivity contribution in [3.05, 3.63) is 68.0 Å². The highest BCUT2D eigenvalue weighted by molar-refractivity contribution is 9.10. The first-order valence-corrected chi connectivity index (χ1v) is 6.30. The van der Waals surface area contributed by atoms with E-state index in [-0.39, 0.29) is 0 Å². The first-order valence-electron chi connectivity index (χ1n) is 5.51. The highest BCUT2D eigenvalue weighted by Crippen LogP contribution is 2.19. The third kappa shape index (κ3) is 2.22. The minimum absolute atomic E-state index is 0.419. The Morgan fingerprint density at radius 3 is 2.79 bits per heavy atom. The van der Waals surface area contributed by atoms with Crippen molar-refractivity contribution in [2.45, 2.75) is 0 Å². The van der Waals surface area contributed by atoms with E-state index in [1.165, 1.54) is 16.8 Å². The van der Waals surface area contributed by atoms with Gasteiger partial charge in [0.1, 0.15) is 0 Å². The van der Waals surface area contributed by atoms with Crippen LogP contribution in [0.1, 0.15) is 0 Å². The molecule has 0 aliphatic heterocycles. The number of benzene rings is 1. The molecule has 0 radical (unpaired) electrons. The van der Waals surface area contributed by atoms with E-state index in [0.29, 0.717) is 5.69 Å². The average Bonchev–Trinajstić information content (AvgIpc) is 2.38. The van der Waals surface area contributed by atoms with Gasteiger partial charge in [-0.15, -0.1) is 0 Å². The van der Waals surface area contributed by atoms with Gasteiger partial charge in [-0.05, 0) is 24.3 Å². The summed E-state index contributed by atoms with van der Waals surface area (Å²) in [6.45, 7) is 0. The zero-order valence-electron chi connectivity index (χ0n) is 9.63. The second-order valence-corrected chi connectivity index (χ2v) is 4.93. The minimum atomic E-state index is -0.483. The number of H-pyrrole nitrogens is 1. The van der Waals surface area contributed by atoms with Gasteiger partial charge < -0.3 is 0 Å². The zero-order valence-corrected chi connectivity index (χ0v) is 11.2. The van der Waals surface area contributed by atoms with Crippen LogP contribution in [-0.2, 0) is 0 Å². The van der Waals surface area contributed by atoms with E-state index in [1.807, 2.05) is 24.3 Å². The summed E-state index contributed by atoms with van der Waals surface area (Å²) < 4.78 is 2.28. The summed E-state index contributed by atoms with van der Waals surface area (Å²) in [5, 5.41) is 0.907. The molecular formula is C13H8BrN3O2. The maximum atomic E-state index is 11.7. The van der Waals surface area contributed by atoms with E-state index in [0.717, 1.165) is 15.4 Å². The van der Waals surface area contributed by atoms with Gasteiger partial charge in [-0.25, -0.2) is 4.79 Å². The predicted molar refractivity (Wildman–Crippen MR) is 75.7 cm³/mol. The highest BCUT2D eigenvalue weighted by Gasteiger charge is 2.03. The number of aromatic amines is 1. The molecule has 1 aromatic carbocycles. The Hall–Kier alpha value is -2.21. The van der Waals surface area contributed by atoms with Crippen molar-refractivity contribution in [1.29, 1.82) is 0 Å². The smallest absolute Gasteiger partial charge is 0.274 e. The fraction of sp³-hybridized carbons (Fsp3) is 0. The van der Waals surface area contributed by atoms with Crippen LogP contribution in [-0.4, -0.2) is 14.5 Å². The summed E-state index contributed by atoms with van der Waals surface area (Å²) in [7, 11) is 0. The molecule has 0 spiro atoms. The average molecular weight is 318 g/mol. The molecular weight excluding hydrogens is 310 g/mol. The molecule has 19 heavy (non-hydrogen) atoms.